The molecule has 2 aromatic rings. The van der Waals surface area contributed by atoms with E-state index in [1.165, 1.54) is 5.69 Å². The second-order valence-corrected chi connectivity index (χ2v) is 5.82. The quantitative estimate of drug-likeness (QED) is 0.937. The fourth-order valence-electron chi connectivity index (χ4n) is 2.50. The highest BCUT2D eigenvalue weighted by Gasteiger charge is 2.33. The summed E-state index contributed by atoms with van der Waals surface area (Å²) in [5.74, 6) is 0. The van der Waals surface area contributed by atoms with Crippen molar-refractivity contribution in [1.82, 2.24) is 4.90 Å². The van der Waals surface area contributed by atoms with Gasteiger partial charge in [-0.2, -0.15) is 0 Å². The van der Waals surface area contributed by atoms with E-state index in [4.69, 9.17) is 11.6 Å². The number of benzene rings is 2. The van der Waals surface area contributed by atoms with Crippen molar-refractivity contribution in [1.29, 1.82) is 0 Å². The summed E-state index contributed by atoms with van der Waals surface area (Å²) in [5.41, 5.74) is 1.81. The number of amides is 2. The number of anilines is 2. The number of hydrogen-bond acceptors (Lipinski definition) is 2. The van der Waals surface area contributed by atoms with Gasteiger partial charge in [0.25, 0.3) is 0 Å². The van der Waals surface area contributed by atoms with Crippen molar-refractivity contribution in [2.24, 2.45) is 0 Å². The van der Waals surface area contributed by atoms with E-state index >= 15 is 0 Å². The molecule has 22 heavy (non-hydrogen) atoms. The highest BCUT2D eigenvalue weighted by molar-refractivity contribution is 6.33. The van der Waals surface area contributed by atoms with Crippen molar-refractivity contribution in [3.8, 4) is 0 Å². The number of hydrogen-bond donors (Lipinski definition) is 1. The summed E-state index contributed by atoms with van der Waals surface area (Å²) in [7, 11) is 2.06. The molecule has 0 bridgehead atoms. The van der Waals surface area contributed by atoms with Gasteiger partial charge in [0.1, 0.15) is 0 Å². The zero-order valence-corrected chi connectivity index (χ0v) is 13.1. The second kappa shape index (κ2) is 6.28. The zero-order chi connectivity index (χ0) is 15.5. The number of nitrogens with one attached hydrogen (secondary N) is 1. The minimum absolute atomic E-state index is 0.106. The van der Waals surface area contributed by atoms with E-state index in [0.717, 1.165) is 0 Å². The molecule has 3 rings (SSSR count). The van der Waals surface area contributed by atoms with Crippen LogP contribution in [0.5, 0.6) is 0 Å². The van der Waals surface area contributed by atoms with Gasteiger partial charge in [0.15, 0.2) is 0 Å². The maximum Gasteiger partial charge on any atom is 0.322 e. The summed E-state index contributed by atoms with van der Waals surface area (Å²) >= 11 is 6.05. The highest BCUT2D eigenvalue weighted by Crippen LogP contribution is 2.24. The molecule has 0 radical (unpaired) electrons. The molecule has 0 atom stereocenters. The van der Waals surface area contributed by atoms with Gasteiger partial charge in [0.2, 0.25) is 0 Å². The van der Waals surface area contributed by atoms with E-state index in [9.17, 15) is 4.79 Å². The van der Waals surface area contributed by atoms with E-state index < -0.39 is 0 Å². The lowest BCUT2D eigenvalue weighted by Crippen LogP contribution is -2.61. The molecule has 5 heteroatoms. The Labute approximate surface area is 135 Å². The van der Waals surface area contributed by atoms with Gasteiger partial charge in [-0.1, -0.05) is 41.9 Å². The van der Waals surface area contributed by atoms with Crippen LogP contribution in [0.2, 0.25) is 5.02 Å². The van der Waals surface area contributed by atoms with Gasteiger partial charge in [-0.3, -0.25) is 0 Å². The molecule has 1 fully saturated rings. The molecular formula is C17H18ClN3O. The third-order valence-electron chi connectivity index (χ3n) is 3.98. The Bertz CT molecular complexity index is 656. The zero-order valence-electron chi connectivity index (χ0n) is 12.4. The van der Waals surface area contributed by atoms with Gasteiger partial charge >= 0.3 is 6.03 Å². The molecule has 2 amide bonds. The summed E-state index contributed by atoms with van der Waals surface area (Å²) in [4.78, 5) is 16.2. The lowest BCUT2D eigenvalue weighted by Gasteiger charge is -2.44. The Kier molecular flexibility index (Phi) is 4.20. The third kappa shape index (κ3) is 3.02. The van der Waals surface area contributed by atoms with Crippen LogP contribution in [0.3, 0.4) is 0 Å². The molecule has 114 valence electrons. The molecule has 1 heterocycles. The number of rotatable bonds is 3. The molecule has 0 aromatic heterocycles. The first-order valence-electron chi connectivity index (χ1n) is 7.23. The molecule has 0 saturated carbocycles. The molecule has 0 unspecified atom stereocenters. The van der Waals surface area contributed by atoms with Crippen LogP contribution in [-0.2, 0) is 0 Å². The van der Waals surface area contributed by atoms with Crippen LogP contribution in [0.25, 0.3) is 0 Å². The van der Waals surface area contributed by atoms with Crippen molar-refractivity contribution >= 4 is 29.0 Å². The SMILES string of the molecule is CN(c1ccccc1)C1CN(C(=O)Nc2ccccc2Cl)C1. The average molecular weight is 316 g/mol. The van der Waals surface area contributed by atoms with Crippen LogP contribution in [-0.4, -0.2) is 37.1 Å². The summed E-state index contributed by atoms with van der Waals surface area (Å²) in [5, 5.41) is 3.40. The van der Waals surface area contributed by atoms with Crippen LogP contribution in [0.15, 0.2) is 54.6 Å². The normalized spacial score (nSPS) is 14.4. The van der Waals surface area contributed by atoms with E-state index in [2.05, 4.69) is 29.4 Å². The van der Waals surface area contributed by atoms with Crippen molar-refractivity contribution in [3.63, 3.8) is 0 Å². The number of carbonyl (C=O) groups is 1. The maximum absolute atomic E-state index is 12.2. The lowest BCUT2D eigenvalue weighted by molar-refractivity contribution is 0.163. The number of likely N-dealkylation sites (N-methyl/N-ethyl adjacent to an activating group) is 1. The molecule has 1 N–H and O–H groups in total. The summed E-state index contributed by atoms with van der Waals surface area (Å²) in [6.45, 7) is 1.42. The number of halogens is 1. The standard InChI is InChI=1S/C17H18ClN3O/c1-20(13-7-3-2-4-8-13)14-11-21(12-14)17(22)19-16-10-6-5-9-15(16)18/h2-10,14H,11-12H2,1H3,(H,19,22). The first-order valence-corrected chi connectivity index (χ1v) is 7.61. The van der Waals surface area contributed by atoms with Gasteiger partial charge in [-0.25, -0.2) is 4.79 Å². The van der Waals surface area contributed by atoms with Gasteiger partial charge in [0, 0.05) is 25.8 Å². The molecule has 1 saturated heterocycles. The Morgan fingerprint density at radius 1 is 1.14 bits per heavy atom. The molecule has 1 aliphatic heterocycles. The largest absolute Gasteiger partial charge is 0.368 e. The van der Waals surface area contributed by atoms with E-state index in [0.29, 0.717) is 29.8 Å². The van der Waals surface area contributed by atoms with Crippen molar-refractivity contribution < 1.29 is 4.79 Å². The molecular weight excluding hydrogens is 298 g/mol. The van der Waals surface area contributed by atoms with Gasteiger partial charge in [-0.15, -0.1) is 0 Å². The number of para-hydroxylation sites is 2. The van der Waals surface area contributed by atoms with Crippen LogP contribution >= 0.6 is 11.6 Å². The van der Waals surface area contributed by atoms with Crippen LogP contribution in [0.4, 0.5) is 16.2 Å². The number of likely N-dealkylation sites (tertiary alicyclic amines) is 1. The maximum atomic E-state index is 12.2. The second-order valence-electron chi connectivity index (χ2n) is 5.42. The fourth-order valence-corrected chi connectivity index (χ4v) is 2.68. The van der Waals surface area contributed by atoms with Crippen molar-refractivity contribution in [2.45, 2.75) is 6.04 Å². The Hall–Kier alpha value is -2.20. The smallest absolute Gasteiger partial charge is 0.322 e. The first-order chi connectivity index (χ1) is 10.6. The number of nitrogens with zero attached hydrogens (tertiary/aromatic N) is 2. The van der Waals surface area contributed by atoms with Crippen LogP contribution in [0.1, 0.15) is 0 Å². The molecule has 1 aliphatic rings. The Morgan fingerprint density at radius 2 is 1.77 bits per heavy atom. The topological polar surface area (TPSA) is 35.6 Å². The van der Waals surface area contributed by atoms with E-state index in [1.807, 2.05) is 30.3 Å². The summed E-state index contributed by atoms with van der Waals surface area (Å²) in [6, 6.07) is 17.7. The Balaban J connectivity index is 1.55. The molecule has 0 spiro atoms. The average Bonchev–Trinajstić information content (AvgIpc) is 2.49. The van der Waals surface area contributed by atoms with E-state index in [-0.39, 0.29) is 6.03 Å². The predicted molar refractivity (Wildman–Crippen MR) is 90.7 cm³/mol. The molecule has 2 aromatic carbocycles. The van der Waals surface area contributed by atoms with Gasteiger partial charge in [0.05, 0.1) is 16.8 Å². The monoisotopic (exact) mass is 315 g/mol. The van der Waals surface area contributed by atoms with E-state index in [1.54, 1.807) is 17.0 Å². The van der Waals surface area contributed by atoms with Crippen LogP contribution < -0.4 is 10.2 Å². The third-order valence-corrected chi connectivity index (χ3v) is 4.31. The van der Waals surface area contributed by atoms with Gasteiger partial charge < -0.3 is 15.1 Å². The predicted octanol–water partition coefficient (Wildman–Crippen LogP) is 3.69. The Morgan fingerprint density at radius 3 is 2.45 bits per heavy atom. The fraction of sp³-hybridized carbons (Fsp3) is 0.235. The molecule has 0 aliphatic carbocycles. The minimum Gasteiger partial charge on any atom is -0.368 e. The van der Waals surface area contributed by atoms with Gasteiger partial charge in [-0.05, 0) is 24.3 Å². The summed E-state index contributed by atoms with van der Waals surface area (Å²) in [6.07, 6.45) is 0. The summed E-state index contributed by atoms with van der Waals surface area (Å²) < 4.78 is 0. The minimum atomic E-state index is -0.106. The van der Waals surface area contributed by atoms with Crippen LogP contribution in [0, 0.1) is 0 Å². The number of urea groups is 1. The molecule has 4 nitrogen and oxygen atoms in total. The van der Waals surface area contributed by atoms with Crippen molar-refractivity contribution in [3.05, 3.63) is 59.6 Å². The number of carbonyl (C=O) groups excluding carboxylic acids is 1. The first kappa shape index (κ1) is 14.7. The van der Waals surface area contributed by atoms with Crippen molar-refractivity contribution in [2.75, 3.05) is 30.4 Å². The lowest BCUT2D eigenvalue weighted by atomic mass is 10.1. The highest BCUT2D eigenvalue weighted by atomic mass is 35.5.